The van der Waals surface area contributed by atoms with Gasteiger partial charge < -0.3 is 9.47 Å². The molecular weight excluding hydrogens is 342 g/mol. The van der Waals surface area contributed by atoms with E-state index in [4.69, 9.17) is 9.47 Å². The lowest BCUT2D eigenvalue weighted by molar-refractivity contribution is -0.150. The minimum Gasteiger partial charge on any atom is -0.463 e. The number of esters is 1. The summed E-state index contributed by atoms with van der Waals surface area (Å²) in [5.74, 6) is -1.69. The lowest BCUT2D eigenvalue weighted by atomic mass is 9.85. The SMILES string of the molecule is CC(C)(Br)C(=O)OCCN1C(=O)[C@@H]2C3C=CC(O3)[C@@H]2C1=O. The van der Waals surface area contributed by atoms with Crippen molar-refractivity contribution < 1.29 is 23.9 Å². The molecule has 2 saturated heterocycles. The van der Waals surface area contributed by atoms with E-state index in [9.17, 15) is 14.4 Å². The van der Waals surface area contributed by atoms with Gasteiger partial charge in [-0.15, -0.1) is 0 Å². The van der Waals surface area contributed by atoms with Crippen molar-refractivity contribution >= 4 is 33.7 Å². The normalized spacial score (nSPS) is 33.8. The summed E-state index contributed by atoms with van der Waals surface area (Å²) in [4.78, 5) is 37.4. The van der Waals surface area contributed by atoms with Gasteiger partial charge in [0, 0.05) is 0 Å². The van der Waals surface area contributed by atoms with Crippen LogP contribution in [-0.2, 0) is 23.9 Å². The van der Waals surface area contributed by atoms with Gasteiger partial charge in [0.25, 0.3) is 0 Å². The smallest absolute Gasteiger partial charge is 0.322 e. The highest BCUT2D eigenvalue weighted by Crippen LogP contribution is 2.44. The van der Waals surface area contributed by atoms with Gasteiger partial charge in [-0.25, -0.2) is 0 Å². The van der Waals surface area contributed by atoms with Crippen LogP contribution < -0.4 is 0 Å². The first kappa shape index (κ1) is 14.7. The van der Waals surface area contributed by atoms with E-state index >= 15 is 0 Å². The number of hydrogen-bond acceptors (Lipinski definition) is 5. The molecule has 7 heteroatoms. The summed E-state index contributed by atoms with van der Waals surface area (Å²) in [7, 11) is 0. The summed E-state index contributed by atoms with van der Waals surface area (Å²) >= 11 is 3.20. The second-order valence-corrected chi connectivity index (χ2v) is 7.92. The Kier molecular flexibility index (Phi) is 3.44. The van der Waals surface area contributed by atoms with E-state index < -0.39 is 22.1 Å². The fraction of sp³-hybridized carbons (Fsp3) is 0.643. The Morgan fingerprint density at radius 3 is 2.29 bits per heavy atom. The Hall–Kier alpha value is -1.21. The molecule has 0 N–H and O–H groups in total. The lowest BCUT2D eigenvalue weighted by Crippen LogP contribution is -2.38. The molecule has 0 aromatic heterocycles. The molecular formula is C14H16BrNO5. The summed E-state index contributed by atoms with van der Waals surface area (Å²) in [6.45, 7) is 3.45. The van der Waals surface area contributed by atoms with Gasteiger partial charge >= 0.3 is 5.97 Å². The van der Waals surface area contributed by atoms with Crippen molar-refractivity contribution in [1.82, 2.24) is 4.90 Å². The highest BCUT2D eigenvalue weighted by molar-refractivity contribution is 9.10. The van der Waals surface area contributed by atoms with Crippen LogP contribution in [0.25, 0.3) is 0 Å². The second kappa shape index (κ2) is 4.91. The van der Waals surface area contributed by atoms with E-state index in [1.54, 1.807) is 13.8 Å². The molecule has 3 rings (SSSR count). The maximum Gasteiger partial charge on any atom is 0.322 e. The number of carbonyl (C=O) groups is 3. The first-order valence-electron chi connectivity index (χ1n) is 6.86. The number of hydrogen-bond donors (Lipinski definition) is 0. The summed E-state index contributed by atoms with van der Waals surface area (Å²) in [5, 5.41) is 0. The predicted molar refractivity (Wildman–Crippen MR) is 75.5 cm³/mol. The molecule has 2 amide bonds. The average molecular weight is 358 g/mol. The highest BCUT2D eigenvalue weighted by Gasteiger charge is 2.60. The van der Waals surface area contributed by atoms with Crippen molar-refractivity contribution in [2.24, 2.45) is 11.8 Å². The number of amides is 2. The molecule has 2 bridgehead atoms. The van der Waals surface area contributed by atoms with E-state index in [1.807, 2.05) is 12.2 Å². The number of alkyl halides is 1. The third kappa shape index (κ3) is 2.32. The van der Waals surface area contributed by atoms with Gasteiger partial charge in [-0.1, -0.05) is 28.1 Å². The lowest BCUT2D eigenvalue weighted by Gasteiger charge is -2.19. The first-order chi connectivity index (χ1) is 9.80. The van der Waals surface area contributed by atoms with Crippen molar-refractivity contribution in [1.29, 1.82) is 0 Å². The average Bonchev–Trinajstić information content (AvgIpc) is 3.06. The topological polar surface area (TPSA) is 72.9 Å². The van der Waals surface area contributed by atoms with Crippen LogP contribution in [0, 0.1) is 11.8 Å². The van der Waals surface area contributed by atoms with Crippen LogP contribution in [0.15, 0.2) is 12.2 Å². The number of fused-ring (bicyclic) bond motifs is 5. The number of nitrogens with zero attached hydrogens (tertiary/aromatic N) is 1. The zero-order valence-electron chi connectivity index (χ0n) is 11.7. The fourth-order valence-electron chi connectivity index (χ4n) is 2.99. The number of imide groups is 1. The summed E-state index contributed by atoms with van der Waals surface area (Å²) in [6, 6.07) is 0. The predicted octanol–water partition coefficient (Wildman–Crippen LogP) is 0.641. The van der Waals surface area contributed by atoms with Crippen LogP contribution in [0.1, 0.15) is 13.8 Å². The van der Waals surface area contributed by atoms with Crippen LogP contribution in [0.2, 0.25) is 0 Å². The van der Waals surface area contributed by atoms with Gasteiger partial charge in [0.05, 0.1) is 30.6 Å². The van der Waals surface area contributed by atoms with E-state index in [2.05, 4.69) is 15.9 Å². The largest absolute Gasteiger partial charge is 0.463 e. The van der Waals surface area contributed by atoms with Crippen LogP contribution in [0.4, 0.5) is 0 Å². The molecule has 3 heterocycles. The zero-order chi connectivity index (χ0) is 15.4. The van der Waals surface area contributed by atoms with Gasteiger partial charge in [0.2, 0.25) is 11.8 Å². The molecule has 0 radical (unpaired) electrons. The van der Waals surface area contributed by atoms with E-state index in [0.717, 1.165) is 0 Å². The van der Waals surface area contributed by atoms with E-state index in [1.165, 1.54) is 4.90 Å². The van der Waals surface area contributed by atoms with Crippen molar-refractivity contribution in [2.45, 2.75) is 30.4 Å². The van der Waals surface area contributed by atoms with Crippen LogP contribution in [-0.4, -0.2) is 52.4 Å². The van der Waals surface area contributed by atoms with Gasteiger partial charge in [0.15, 0.2) is 0 Å². The molecule has 2 fully saturated rings. The molecule has 3 aliphatic heterocycles. The molecule has 2 unspecified atom stereocenters. The number of halogens is 1. The van der Waals surface area contributed by atoms with Crippen LogP contribution >= 0.6 is 15.9 Å². The second-order valence-electron chi connectivity index (χ2n) is 5.94. The van der Waals surface area contributed by atoms with Crippen molar-refractivity contribution in [3.05, 3.63) is 12.2 Å². The van der Waals surface area contributed by atoms with Gasteiger partial charge in [-0.2, -0.15) is 0 Å². The van der Waals surface area contributed by atoms with Gasteiger partial charge in [-0.05, 0) is 13.8 Å². The number of rotatable bonds is 4. The number of likely N-dealkylation sites (tertiary alicyclic amines) is 1. The fourth-order valence-corrected chi connectivity index (χ4v) is 3.10. The Labute approximate surface area is 130 Å². The zero-order valence-corrected chi connectivity index (χ0v) is 13.3. The summed E-state index contributed by atoms with van der Waals surface area (Å²) < 4.78 is 9.84. The van der Waals surface area contributed by atoms with E-state index in [-0.39, 0.29) is 37.2 Å². The standard InChI is InChI=1S/C14H16BrNO5/c1-14(2,15)13(19)20-6-5-16-11(17)9-7-3-4-8(21-7)10(9)12(16)18/h3-4,7-10H,5-6H2,1-2H3/t7?,8?,9-,10+. The quantitative estimate of drug-likeness (QED) is 0.319. The molecule has 3 aliphatic rings. The molecule has 114 valence electrons. The number of ether oxygens (including phenoxy) is 2. The van der Waals surface area contributed by atoms with Crippen molar-refractivity contribution in [3.63, 3.8) is 0 Å². The Morgan fingerprint density at radius 2 is 1.81 bits per heavy atom. The molecule has 0 aliphatic carbocycles. The van der Waals surface area contributed by atoms with Crippen molar-refractivity contribution in [2.75, 3.05) is 13.2 Å². The first-order valence-corrected chi connectivity index (χ1v) is 7.65. The Morgan fingerprint density at radius 1 is 1.29 bits per heavy atom. The van der Waals surface area contributed by atoms with Crippen molar-refractivity contribution in [3.8, 4) is 0 Å². The minimum atomic E-state index is -0.778. The molecule has 4 atom stereocenters. The van der Waals surface area contributed by atoms with Gasteiger partial charge in [0.1, 0.15) is 10.9 Å². The monoisotopic (exact) mass is 357 g/mol. The molecule has 0 saturated carbocycles. The molecule has 0 aromatic carbocycles. The van der Waals surface area contributed by atoms with Crippen LogP contribution in [0.3, 0.4) is 0 Å². The third-order valence-corrected chi connectivity index (χ3v) is 4.36. The van der Waals surface area contributed by atoms with E-state index in [0.29, 0.717) is 0 Å². The molecule has 6 nitrogen and oxygen atoms in total. The summed E-state index contributed by atoms with van der Waals surface area (Å²) in [6.07, 6.45) is 3.11. The Bertz CT molecular complexity index is 508. The summed E-state index contributed by atoms with van der Waals surface area (Å²) in [5.41, 5.74) is 0. The molecule has 0 aromatic rings. The highest BCUT2D eigenvalue weighted by atomic mass is 79.9. The minimum absolute atomic E-state index is 0.00834. The maximum absolute atomic E-state index is 12.3. The number of carbonyl (C=O) groups excluding carboxylic acids is 3. The molecule has 21 heavy (non-hydrogen) atoms. The Balaban J connectivity index is 1.60. The van der Waals surface area contributed by atoms with Gasteiger partial charge in [-0.3, -0.25) is 19.3 Å². The third-order valence-electron chi connectivity index (χ3n) is 4.04. The van der Waals surface area contributed by atoms with Crippen LogP contribution in [0.5, 0.6) is 0 Å². The maximum atomic E-state index is 12.3. The molecule has 0 spiro atoms.